The molecule has 0 aromatic heterocycles. The number of piperidine rings is 1. The topological polar surface area (TPSA) is 49.8 Å². The van der Waals surface area contributed by atoms with Gasteiger partial charge in [0.1, 0.15) is 0 Å². The van der Waals surface area contributed by atoms with E-state index in [9.17, 15) is 4.79 Å². The molecule has 1 heterocycles. The van der Waals surface area contributed by atoms with Crippen LogP contribution in [0.3, 0.4) is 0 Å². The second-order valence-corrected chi connectivity index (χ2v) is 4.53. The lowest BCUT2D eigenvalue weighted by Crippen LogP contribution is -2.47. The van der Waals surface area contributed by atoms with E-state index in [1.165, 1.54) is 0 Å². The molecule has 4 heteroatoms. The second kappa shape index (κ2) is 5.47. The van der Waals surface area contributed by atoms with Crippen molar-refractivity contribution in [3.8, 4) is 0 Å². The largest absolute Gasteiger partial charge is 0.481 e. The molecule has 1 saturated heterocycles. The standard InChI is InChI=1S/C11H21NO3/c1-11(15-2)6-4-8-12(9-11)7-3-5-10(13)14/h3-9H2,1-2H3,(H,13,14). The number of carbonyl (C=O) groups is 1. The second-order valence-electron chi connectivity index (χ2n) is 4.53. The summed E-state index contributed by atoms with van der Waals surface area (Å²) in [5.41, 5.74) is -0.0402. The first-order valence-electron chi connectivity index (χ1n) is 5.55. The van der Waals surface area contributed by atoms with Gasteiger partial charge in [-0.3, -0.25) is 4.79 Å². The molecule has 0 aromatic carbocycles. The molecule has 1 fully saturated rings. The monoisotopic (exact) mass is 215 g/mol. The van der Waals surface area contributed by atoms with Gasteiger partial charge in [-0.25, -0.2) is 0 Å². The van der Waals surface area contributed by atoms with Crippen LogP contribution in [0.15, 0.2) is 0 Å². The van der Waals surface area contributed by atoms with Gasteiger partial charge in [-0.15, -0.1) is 0 Å². The molecule has 1 unspecified atom stereocenters. The number of carboxylic acid groups (broad SMARTS) is 1. The van der Waals surface area contributed by atoms with Gasteiger partial charge in [0.15, 0.2) is 0 Å². The number of likely N-dealkylation sites (tertiary alicyclic amines) is 1. The number of ether oxygens (including phenoxy) is 1. The Bertz CT molecular complexity index is 220. The SMILES string of the molecule is COC1(C)CCCN(CCCC(=O)O)C1. The van der Waals surface area contributed by atoms with Gasteiger partial charge in [-0.2, -0.15) is 0 Å². The minimum absolute atomic E-state index is 0.0402. The molecular formula is C11H21NO3. The van der Waals surface area contributed by atoms with Crippen molar-refractivity contribution in [3.63, 3.8) is 0 Å². The van der Waals surface area contributed by atoms with Crippen LogP contribution in [-0.4, -0.2) is 48.3 Å². The molecule has 0 spiro atoms. The van der Waals surface area contributed by atoms with Crippen molar-refractivity contribution >= 4 is 5.97 Å². The van der Waals surface area contributed by atoms with Crippen LogP contribution in [0.5, 0.6) is 0 Å². The summed E-state index contributed by atoms with van der Waals surface area (Å²) in [4.78, 5) is 12.7. The third-order valence-corrected chi connectivity index (χ3v) is 3.10. The quantitative estimate of drug-likeness (QED) is 0.752. The van der Waals surface area contributed by atoms with E-state index in [2.05, 4.69) is 11.8 Å². The van der Waals surface area contributed by atoms with Crippen molar-refractivity contribution < 1.29 is 14.6 Å². The lowest BCUT2D eigenvalue weighted by molar-refractivity contribution is -0.137. The molecule has 0 aromatic rings. The van der Waals surface area contributed by atoms with E-state index in [0.29, 0.717) is 0 Å². The van der Waals surface area contributed by atoms with E-state index in [-0.39, 0.29) is 12.0 Å². The van der Waals surface area contributed by atoms with E-state index in [0.717, 1.165) is 38.9 Å². The molecule has 1 aliphatic rings. The maximum atomic E-state index is 10.4. The molecule has 15 heavy (non-hydrogen) atoms. The number of methoxy groups -OCH3 is 1. The van der Waals surface area contributed by atoms with Crippen molar-refractivity contribution in [1.29, 1.82) is 0 Å². The number of nitrogens with zero attached hydrogens (tertiary/aromatic N) is 1. The average Bonchev–Trinajstić information content (AvgIpc) is 2.17. The smallest absolute Gasteiger partial charge is 0.303 e. The van der Waals surface area contributed by atoms with E-state index < -0.39 is 5.97 Å². The molecule has 1 atom stereocenters. The lowest BCUT2D eigenvalue weighted by Gasteiger charge is -2.39. The van der Waals surface area contributed by atoms with Gasteiger partial charge in [0.05, 0.1) is 5.60 Å². The summed E-state index contributed by atoms with van der Waals surface area (Å²) in [6.07, 6.45) is 3.23. The summed E-state index contributed by atoms with van der Waals surface area (Å²) < 4.78 is 5.48. The Morgan fingerprint density at radius 1 is 1.60 bits per heavy atom. The average molecular weight is 215 g/mol. The summed E-state index contributed by atoms with van der Waals surface area (Å²) in [7, 11) is 1.75. The first kappa shape index (κ1) is 12.5. The predicted molar refractivity (Wildman–Crippen MR) is 58.0 cm³/mol. The van der Waals surface area contributed by atoms with Gasteiger partial charge in [0, 0.05) is 20.1 Å². The number of aliphatic carboxylic acids is 1. The van der Waals surface area contributed by atoms with Crippen molar-refractivity contribution in [3.05, 3.63) is 0 Å². The number of hydrogen-bond acceptors (Lipinski definition) is 3. The maximum Gasteiger partial charge on any atom is 0.303 e. The highest BCUT2D eigenvalue weighted by molar-refractivity contribution is 5.66. The Hall–Kier alpha value is -0.610. The summed E-state index contributed by atoms with van der Waals surface area (Å²) in [5.74, 6) is -0.707. The van der Waals surface area contributed by atoms with Crippen molar-refractivity contribution in [2.45, 2.75) is 38.2 Å². The molecule has 0 bridgehead atoms. The van der Waals surface area contributed by atoms with Crippen LogP contribution in [0.25, 0.3) is 0 Å². The molecule has 0 aliphatic carbocycles. The highest BCUT2D eigenvalue weighted by Crippen LogP contribution is 2.23. The molecule has 0 saturated carbocycles. The fourth-order valence-electron chi connectivity index (χ4n) is 2.12. The zero-order valence-electron chi connectivity index (χ0n) is 9.66. The van der Waals surface area contributed by atoms with E-state index in [1.807, 2.05) is 0 Å². The Balaban J connectivity index is 2.27. The normalized spacial score (nSPS) is 27.9. The molecule has 0 amide bonds. The Labute approximate surface area is 91.2 Å². The summed E-state index contributed by atoms with van der Waals surface area (Å²) in [5, 5.41) is 8.55. The molecule has 1 aliphatic heterocycles. The number of rotatable bonds is 5. The highest BCUT2D eigenvalue weighted by Gasteiger charge is 2.30. The maximum absolute atomic E-state index is 10.4. The molecule has 1 N–H and O–H groups in total. The Morgan fingerprint density at radius 3 is 2.93 bits per heavy atom. The van der Waals surface area contributed by atoms with Gasteiger partial charge in [-0.1, -0.05) is 0 Å². The molecule has 4 nitrogen and oxygen atoms in total. The lowest BCUT2D eigenvalue weighted by atomic mass is 9.94. The molecule has 0 radical (unpaired) electrons. The van der Waals surface area contributed by atoms with Gasteiger partial charge in [-0.05, 0) is 39.3 Å². The molecular weight excluding hydrogens is 194 g/mol. The fourth-order valence-corrected chi connectivity index (χ4v) is 2.12. The van der Waals surface area contributed by atoms with Crippen LogP contribution < -0.4 is 0 Å². The summed E-state index contributed by atoms with van der Waals surface area (Å²) >= 11 is 0. The third-order valence-electron chi connectivity index (χ3n) is 3.10. The van der Waals surface area contributed by atoms with Crippen molar-refractivity contribution in [2.75, 3.05) is 26.7 Å². The van der Waals surface area contributed by atoms with Gasteiger partial charge >= 0.3 is 5.97 Å². The van der Waals surface area contributed by atoms with E-state index in [4.69, 9.17) is 9.84 Å². The molecule has 88 valence electrons. The fraction of sp³-hybridized carbons (Fsp3) is 0.909. The van der Waals surface area contributed by atoms with Gasteiger partial charge < -0.3 is 14.7 Å². The summed E-state index contributed by atoms with van der Waals surface area (Å²) in [6.45, 7) is 4.98. The van der Waals surface area contributed by atoms with Crippen LogP contribution in [0.4, 0.5) is 0 Å². The van der Waals surface area contributed by atoms with Crippen LogP contribution in [0, 0.1) is 0 Å². The zero-order valence-corrected chi connectivity index (χ0v) is 9.66. The van der Waals surface area contributed by atoms with Crippen molar-refractivity contribution in [1.82, 2.24) is 4.90 Å². The number of hydrogen-bond donors (Lipinski definition) is 1. The first-order valence-corrected chi connectivity index (χ1v) is 5.55. The first-order chi connectivity index (χ1) is 7.06. The molecule has 1 rings (SSSR count). The minimum atomic E-state index is -0.707. The summed E-state index contributed by atoms with van der Waals surface area (Å²) in [6, 6.07) is 0. The van der Waals surface area contributed by atoms with Crippen LogP contribution >= 0.6 is 0 Å². The van der Waals surface area contributed by atoms with Crippen LogP contribution in [-0.2, 0) is 9.53 Å². The Kier molecular flexibility index (Phi) is 4.54. The van der Waals surface area contributed by atoms with Gasteiger partial charge in [0.25, 0.3) is 0 Å². The highest BCUT2D eigenvalue weighted by atomic mass is 16.5. The minimum Gasteiger partial charge on any atom is -0.481 e. The number of carboxylic acids is 1. The van der Waals surface area contributed by atoms with Crippen molar-refractivity contribution in [2.24, 2.45) is 0 Å². The zero-order chi connectivity index (χ0) is 11.3. The third kappa shape index (κ3) is 4.18. The van der Waals surface area contributed by atoms with Gasteiger partial charge in [0.2, 0.25) is 0 Å². The Morgan fingerprint density at radius 2 is 2.33 bits per heavy atom. The van der Waals surface area contributed by atoms with Crippen LogP contribution in [0.2, 0.25) is 0 Å². The van der Waals surface area contributed by atoms with E-state index in [1.54, 1.807) is 7.11 Å². The van der Waals surface area contributed by atoms with E-state index >= 15 is 0 Å². The predicted octanol–water partition coefficient (Wildman–Crippen LogP) is 1.35. The van der Waals surface area contributed by atoms with Crippen LogP contribution in [0.1, 0.15) is 32.6 Å².